The number of terminal acetylenes is 1. The van der Waals surface area contributed by atoms with Crippen LogP contribution in [0.4, 0.5) is 0 Å². The molecule has 1 N–H and O–H groups in total. The lowest BCUT2D eigenvalue weighted by Crippen LogP contribution is -2.45. The van der Waals surface area contributed by atoms with E-state index in [1.807, 2.05) is 0 Å². The molecule has 0 aromatic heterocycles. The van der Waals surface area contributed by atoms with Gasteiger partial charge in [0.05, 0.1) is 12.6 Å². The highest BCUT2D eigenvalue weighted by molar-refractivity contribution is 5.00. The Hall–Kier alpha value is -0.560. The minimum atomic E-state index is -0.162. The summed E-state index contributed by atoms with van der Waals surface area (Å²) in [5.41, 5.74) is -0.162. The van der Waals surface area contributed by atoms with Gasteiger partial charge in [-0.3, -0.25) is 0 Å². The van der Waals surface area contributed by atoms with Gasteiger partial charge in [-0.15, -0.1) is 6.42 Å². The predicted molar refractivity (Wildman–Crippen MR) is 56.1 cm³/mol. The van der Waals surface area contributed by atoms with Crippen molar-refractivity contribution in [2.75, 3.05) is 26.9 Å². The molecule has 14 heavy (non-hydrogen) atoms. The van der Waals surface area contributed by atoms with Crippen LogP contribution < -0.4 is 5.32 Å². The van der Waals surface area contributed by atoms with Gasteiger partial charge in [0, 0.05) is 26.7 Å². The Morgan fingerprint density at radius 2 is 2.50 bits per heavy atom. The highest BCUT2D eigenvalue weighted by Crippen LogP contribution is 2.21. The second kappa shape index (κ2) is 5.35. The van der Waals surface area contributed by atoms with Crippen molar-refractivity contribution in [3.63, 3.8) is 0 Å². The van der Waals surface area contributed by atoms with Gasteiger partial charge >= 0.3 is 0 Å². The zero-order valence-corrected chi connectivity index (χ0v) is 9.01. The third-order valence-electron chi connectivity index (χ3n) is 2.78. The Kier molecular flexibility index (Phi) is 4.40. The number of rotatable bonds is 5. The normalized spacial score (nSPS) is 28.6. The van der Waals surface area contributed by atoms with Crippen molar-refractivity contribution in [2.45, 2.75) is 31.4 Å². The van der Waals surface area contributed by atoms with Crippen LogP contribution in [0.1, 0.15) is 19.8 Å². The summed E-state index contributed by atoms with van der Waals surface area (Å²) < 4.78 is 10.8. The molecule has 0 aromatic carbocycles. The number of nitrogens with one attached hydrogen (secondary N) is 1. The summed E-state index contributed by atoms with van der Waals surface area (Å²) in [5, 5.41) is 3.31. The summed E-state index contributed by atoms with van der Waals surface area (Å²) in [5.74, 6) is 2.71. The first-order valence-electron chi connectivity index (χ1n) is 5.09. The van der Waals surface area contributed by atoms with Gasteiger partial charge in [0.15, 0.2) is 0 Å². The molecule has 0 aromatic rings. The van der Waals surface area contributed by atoms with Crippen molar-refractivity contribution in [2.24, 2.45) is 0 Å². The highest BCUT2D eigenvalue weighted by atomic mass is 16.5. The Morgan fingerprint density at radius 3 is 2.93 bits per heavy atom. The second-order valence-corrected chi connectivity index (χ2v) is 3.70. The fraction of sp³-hybridized carbons (Fsp3) is 0.818. The largest absolute Gasteiger partial charge is 0.378 e. The monoisotopic (exact) mass is 197 g/mol. The molecule has 80 valence electrons. The summed E-state index contributed by atoms with van der Waals surface area (Å²) in [4.78, 5) is 0. The van der Waals surface area contributed by atoms with Crippen molar-refractivity contribution in [3.8, 4) is 12.3 Å². The van der Waals surface area contributed by atoms with Crippen LogP contribution in [0.5, 0.6) is 0 Å². The fourth-order valence-electron chi connectivity index (χ4n) is 1.59. The Morgan fingerprint density at radius 1 is 1.71 bits per heavy atom. The molecule has 0 amide bonds. The Labute approximate surface area is 86.2 Å². The molecular formula is C11H19NO2. The van der Waals surface area contributed by atoms with Gasteiger partial charge in [0.25, 0.3) is 0 Å². The topological polar surface area (TPSA) is 30.5 Å². The molecule has 0 radical (unpaired) electrons. The SMILES string of the molecule is C#CC(CC)NCC1(OC)CCOC1. The first-order valence-corrected chi connectivity index (χ1v) is 5.09. The molecule has 1 aliphatic heterocycles. The third kappa shape index (κ3) is 2.71. The zero-order chi connectivity index (χ0) is 10.4. The van der Waals surface area contributed by atoms with Crippen molar-refractivity contribution >= 4 is 0 Å². The van der Waals surface area contributed by atoms with E-state index < -0.39 is 0 Å². The van der Waals surface area contributed by atoms with Gasteiger partial charge in [-0.2, -0.15) is 0 Å². The maximum atomic E-state index is 5.48. The van der Waals surface area contributed by atoms with E-state index in [9.17, 15) is 0 Å². The van der Waals surface area contributed by atoms with Gasteiger partial charge in [-0.1, -0.05) is 12.8 Å². The van der Waals surface area contributed by atoms with E-state index in [-0.39, 0.29) is 11.6 Å². The Bertz CT molecular complexity index is 204. The van der Waals surface area contributed by atoms with E-state index in [2.05, 4.69) is 18.2 Å². The lowest BCUT2D eigenvalue weighted by atomic mass is 10.0. The van der Waals surface area contributed by atoms with E-state index in [1.54, 1.807) is 7.11 Å². The average molecular weight is 197 g/mol. The molecule has 1 fully saturated rings. The molecule has 2 atom stereocenters. The quantitative estimate of drug-likeness (QED) is 0.661. The number of hydrogen-bond donors (Lipinski definition) is 1. The molecule has 3 nitrogen and oxygen atoms in total. The standard InChI is InChI=1S/C11H19NO2/c1-4-10(5-2)12-8-11(13-3)6-7-14-9-11/h1,10,12H,5-9H2,2-3H3. The third-order valence-corrected chi connectivity index (χ3v) is 2.78. The summed E-state index contributed by atoms with van der Waals surface area (Å²) in [6.45, 7) is 4.29. The summed E-state index contributed by atoms with van der Waals surface area (Å²) in [6, 6.07) is 0.141. The van der Waals surface area contributed by atoms with E-state index in [4.69, 9.17) is 15.9 Å². The van der Waals surface area contributed by atoms with Crippen LogP contribution in [0.25, 0.3) is 0 Å². The van der Waals surface area contributed by atoms with E-state index in [0.29, 0.717) is 6.61 Å². The predicted octanol–water partition coefficient (Wildman–Crippen LogP) is 0.793. The molecular weight excluding hydrogens is 178 g/mol. The maximum absolute atomic E-state index is 5.48. The smallest absolute Gasteiger partial charge is 0.106 e. The van der Waals surface area contributed by atoms with Crippen LogP contribution in [0.3, 0.4) is 0 Å². The van der Waals surface area contributed by atoms with Crippen LogP contribution in [0, 0.1) is 12.3 Å². The maximum Gasteiger partial charge on any atom is 0.106 e. The lowest BCUT2D eigenvalue weighted by Gasteiger charge is -2.27. The molecule has 1 rings (SSSR count). The first-order chi connectivity index (χ1) is 6.76. The second-order valence-electron chi connectivity index (χ2n) is 3.70. The number of hydrogen-bond acceptors (Lipinski definition) is 3. The van der Waals surface area contributed by atoms with Crippen LogP contribution in [0.2, 0.25) is 0 Å². The summed E-state index contributed by atoms with van der Waals surface area (Å²) in [6.07, 6.45) is 7.25. The van der Waals surface area contributed by atoms with Crippen LogP contribution in [-0.2, 0) is 9.47 Å². The molecule has 0 bridgehead atoms. The molecule has 0 spiro atoms. The van der Waals surface area contributed by atoms with Gasteiger partial charge < -0.3 is 14.8 Å². The minimum Gasteiger partial charge on any atom is -0.378 e. The van der Waals surface area contributed by atoms with E-state index in [1.165, 1.54) is 0 Å². The van der Waals surface area contributed by atoms with Crippen molar-refractivity contribution < 1.29 is 9.47 Å². The van der Waals surface area contributed by atoms with Crippen LogP contribution in [0.15, 0.2) is 0 Å². The van der Waals surface area contributed by atoms with Gasteiger partial charge in [0.2, 0.25) is 0 Å². The molecule has 3 heteroatoms. The van der Waals surface area contributed by atoms with Gasteiger partial charge in [-0.05, 0) is 6.42 Å². The molecule has 1 aliphatic rings. The average Bonchev–Trinajstić information content (AvgIpc) is 2.69. The molecule has 2 unspecified atom stereocenters. The summed E-state index contributed by atoms with van der Waals surface area (Å²) in [7, 11) is 1.73. The number of methoxy groups -OCH3 is 1. The van der Waals surface area contributed by atoms with E-state index in [0.717, 1.165) is 26.0 Å². The van der Waals surface area contributed by atoms with Crippen LogP contribution >= 0.6 is 0 Å². The highest BCUT2D eigenvalue weighted by Gasteiger charge is 2.34. The van der Waals surface area contributed by atoms with Crippen molar-refractivity contribution in [1.82, 2.24) is 5.32 Å². The minimum absolute atomic E-state index is 0.141. The first kappa shape index (κ1) is 11.5. The molecule has 1 saturated heterocycles. The van der Waals surface area contributed by atoms with Crippen LogP contribution in [-0.4, -0.2) is 38.5 Å². The fourth-order valence-corrected chi connectivity index (χ4v) is 1.59. The lowest BCUT2D eigenvalue weighted by molar-refractivity contribution is -0.0165. The van der Waals surface area contributed by atoms with Crippen molar-refractivity contribution in [1.29, 1.82) is 0 Å². The molecule has 0 aliphatic carbocycles. The molecule has 0 saturated carbocycles. The Balaban J connectivity index is 2.38. The van der Waals surface area contributed by atoms with Crippen molar-refractivity contribution in [3.05, 3.63) is 0 Å². The van der Waals surface area contributed by atoms with Gasteiger partial charge in [0.1, 0.15) is 5.60 Å². The zero-order valence-electron chi connectivity index (χ0n) is 9.01. The van der Waals surface area contributed by atoms with Gasteiger partial charge in [-0.25, -0.2) is 0 Å². The molecule has 1 heterocycles. The summed E-state index contributed by atoms with van der Waals surface area (Å²) >= 11 is 0. The number of ether oxygens (including phenoxy) is 2. The van der Waals surface area contributed by atoms with E-state index >= 15 is 0 Å².